The summed E-state index contributed by atoms with van der Waals surface area (Å²) in [6, 6.07) is 23.3. The standard InChI is InChI=1S/C26H23N3O5/c1-34-25(32)20-14-8-9-15-21(20)27-22(30)17-29-24(31)23(19-12-6-3-7-13-19)28(26(29)33)16-18-10-4-2-5-11-18/h2-15,23H,16-17H2,1H3,(H,27,30)/t23-/m1/s1. The highest BCUT2D eigenvalue weighted by Gasteiger charge is 2.46. The van der Waals surface area contributed by atoms with Crippen LogP contribution in [0.1, 0.15) is 27.5 Å². The lowest BCUT2D eigenvalue weighted by Gasteiger charge is -2.22. The van der Waals surface area contributed by atoms with Crippen molar-refractivity contribution in [2.75, 3.05) is 19.0 Å². The molecule has 0 aliphatic carbocycles. The molecule has 3 aromatic carbocycles. The van der Waals surface area contributed by atoms with Crippen LogP contribution in [0.4, 0.5) is 10.5 Å². The molecule has 0 unspecified atom stereocenters. The normalized spacial score (nSPS) is 15.4. The van der Waals surface area contributed by atoms with Gasteiger partial charge in [-0.3, -0.25) is 14.5 Å². The summed E-state index contributed by atoms with van der Waals surface area (Å²) in [7, 11) is 1.24. The van der Waals surface area contributed by atoms with Crippen LogP contribution in [-0.4, -0.2) is 47.3 Å². The average molecular weight is 457 g/mol. The lowest BCUT2D eigenvalue weighted by molar-refractivity contribution is -0.131. The Morgan fingerprint density at radius 1 is 0.882 bits per heavy atom. The third-order valence-electron chi connectivity index (χ3n) is 5.51. The maximum absolute atomic E-state index is 13.3. The van der Waals surface area contributed by atoms with Gasteiger partial charge in [0.2, 0.25) is 5.91 Å². The van der Waals surface area contributed by atoms with E-state index in [1.165, 1.54) is 18.1 Å². The third kappa shape index (κ3) is 4.66. The van der Waals surface area contributed by atoms with Crippen LogP contribution in [0.15, 0.2) is 84.9 Å². The van der Waals surface area contributed by atoms with Crippen molar-refractivity contribution < 1.29 is 23.9 Å². The van der Waals surface area contributed by atoms with E-state index in [4.69, 9.17) is 4.74 Å². The number of hydrogen-bond acceptors (Lipinski definition) is 5. The molecule has 0 saturated carbocycles. The van der Waals surface area contributed by atoms with Crippen molar-refractivity contribution in [1.29, 1.82) is 0 Å². The van der Waals surface area contributed by atoms with Crippen molar-refractivity contribution in [3.8, 4) is 0 Å². The molecule has 1 saturated heterocycles. The molecule has 3 aromatic rings. The number of urea groups is 1. The Balaban J connectivity index is 1.57. The minimum absolute atomic E-state index is 0.172. The van der Waals surface area contributed by atoms with Crippen LogP contribution < -0.4 is 5.32 Å². The number of rotatable bonds is 7. The lowest BCUT2D eigenvalue weighted by atomic mass is 10.1. The Morgan fingerprint density at radius 3 is 2.18 bits per heavy atom. The molecule has 0 radical (unpaired) electrons. The first kappa shape index (κ1) is 22.7. The Morgan fingerprint density at radius 2 is 1.50 bits per heavy atom. The van der Waals surface area contributed by atoms with E-state index in [-0.39, 0.29) is 17.8 Å². The zero-order chi connectivity index (χ0) is 24.1. The fraction of sp³-hybridized carbons (Fsp3) is 0.154. The predicted molar refractivity (Wildman–Crippen MR) is 125 cm³/mol. The molecule has 4 rings (SSSR count). The van der Waals surface area contributed by atoms with Crippen molar-refractivity contribution in [1.82, 2.24) is 9.80 Å². The number of hydrogen-bond donors (Lipinski definition) is 1. The zero-order valence-electron chi connectivity index (χ0n) is 18.5. The first-order valence-corrected chi connectivity index (χ1v) is 10.7. The van der Waals surface area contributed by atoms with E-state index in [0.29, 0.717) is 5.56 Å². The molecule has 1 N–H and O–H groups in total. The fourth-order valence-electron chi connectivity index (χ4n) is 3.90. The summed E-state index contributed by atoms with van der Waals surface area (Å²) in [6.07, 6.45) is 0. The number of imide groups is 1. The Bertz CT molecular complexity index is 1210. The van der Waals surface area contributed by atoms with Crippen LogP contribution >= 0.6 is 0 Å². The highest BCUT2D eigenvalue weighted by molar-refractivity contribution is 6.09. The topological polar surface area (TPSA) is 96.0 Å². The number of carbonyl (C=O) groups excluding carboxylic acids is 4. The van der Waals surface area contributed by atoms with E-state index < -0.39 is 36.4 Å². The largest absolute Gasteiger partial charge is 0.465 e. The molecular formula is C26H23N3O5. The second kappa shape index (κ2) is 9.99. The summed E-state index contributed by atoms with van der Waals surface area (Å²) in [5.74, 6) is -1.70. The molecule has 172 valence electrons. The number of para-hydroxylation sites is 1. The van der Waals surface area contributed by atoms with Gasteiger partial charge >= 0.3 is 12.0 Å². The maximum atomic E-state index is 13.3. The summed E-state index contributed by atoms with van der Waals surface area (Å²) < 4.78 is 4.74. The van der Waals surface area contributed by atoms with Gasteiger partial charge in [0.05, 0.1) is 18.4 Å². The minimum Gasteiger partial charge on any atom is -0.465 e. The third-order valence-corrected chi connectivity index (χ3v) is 5.51. The number of amides is 4. The van der Waals surface area contributed by atoms with Gasteiger partial charge in [0, 0.05) is 6.54 Å². The highest BCUT2D eigenvalue weighted by Crippen LogP contribution is 2.32. The van der Waals surface area contributed by atoms with Crippen molar-refractivity contribution in [2.45, 2.75) is 12.6 Å². The first-order chi connectivity index (χ1) is 16.5. The zero-order valence-corrected chi connectivity index (χ0v) is 18.5. The maximum Gasteiger partial charge on any atom is 0.339 e. The summed E-state index contributed by atoms with van der Waals surface area (Å²) in [6.45, 7) is -0.268. The molecule has 34 heavy (non-hydrogen) atoms. The molecule has 1 heterocycles. The number of benzene rings is 3. The Hall–Kier alpha value is -4.46. The molecule has 0 spiro atoms. The minimum atomic E-state index is -0.843. The van der Waals surface area contributed by atoms with Crippen molar-refractivity contribution in [2.24, 2.45) is 0 Å². The summed E-state index contributed by atoms with van der Waals surface area (Å²) in [5, 5.41) is 2.61. The van der Waals surface area contributed by atoms with Crippen molar-refractivity contribution in [3.63, 3.8) is 0 Å². The molecule has 8 heteroatoms. The Kier molecular flexibility index (Phi) is 6.68. The molecule has 1 aliphatic heterocycles. The second-order valence-electron chi connectivity index (χ2n) is 7.72. The van der Waals surface area contributed by atoms with Crippen LogP contribution in [0, 0.1) is 0 Å². The van der Waals surface area contributed by atoms with E-state index in [9.17, 15) is 19.2 Å². The van der Waals surface area contributed by atoms with Gasteiger partial charge in [0.15, 0.2) is 0 Å². The number of nitrogens with one attached hydrogen (secondary N) is 1. The Labute approximate surface area is 196 Å². The smallest absolute Gasteiger partial charge is 0.339 e. The van der Waals surface area contributed by atoms with Gasteiger partial charge in [-0.1, -0.05) is 72.8 Å². The van der Waals surface area contributed by atoms with Crippen LogP contribution in [0.3, 0.4) is 0 Å². The quantitative estimate of drug-likeness (QED) is 0.432. The van der Waals surface area contributed by atoms with E-state index in [0.717, 1.165) is 10.5 Å². The second-order valence-corrected chi connectivity index (χ2v) is 7.72. The monoisotopic (exact) mass is 457 g/mol. The van der Waals surface area contributed by atoms with Crippen molar-refractivity contribution in [3.05, 3.63) is 102 Å². The van der Waals surface area contributed by atoms with Crippen LogP contribution in [0.2, 0.25) is 0 Å². The molecule has 1 atom stereocenters. The van der Waals surface area contributed by atoms with Gasteiger partial charge in [-0.25, -0.2) is 9.59 Å². The molecule has 8 nitrogen and oxygen atoms in total. The fourth-order valence-corrected chi connectivity index (χ4v) is 3.90. The summed E-state index contributed by atoms with van der Waals surface area (Å²) >= 11 is 0. The number of carbonyl (C=O) groups is 4. The lowest BCUT2D eigenvalue weighted by Crippen LogP contribution is -2.39. The molecular weight excluding hydrogens is 434 g/mol. The first-order valence-electron chi connectivity index (χ1n) is 10.7. The molecule has 0 bridgehead atoms. The van der Waals surface area contributed by atoms with Gasteiger partial charge in [-0.2, -0.15) is 0 Å². The van der Waals surface area contributed by atoms with E-state index in [2.05, 4.69) is 5.32 Å². The van der Waals surface area contributed by atoms with Crippen LogP contribution in [0.25, 0.3) is 0 Å². The van der Waals surface area contributed by atoms with Crippen LogP contribution in [-0.2, 0) is 20.9 Å². The van der Waals surface area contributed by atoms with Gasteiger partial charge < -0.3 is 15.0 Å². The summed E-state index contributed by atoms with van der Waals surface area (Å²) in [4.78, 5) is 53.8. The molecule has 1 fully saturated rings. The molecule has 4 amide bonds. The molecule has 0 aromatic heterocycles. The van der Waals surface area contributed by atoms with E-state index in [1.54, 1.807) is 42.5 Å². The van der Waals surface area contributed by atoms with E-state index >= 15 is 0 Å². The predicted octanol–water partition coefficient (Wildman–Crippen LogP) is 3.62. The highest BCUT2D eigenvalue weighted by atomic mass is 16.5. The molecule has 1 aliphatic rings. The number of ether oxygens (including phenoxy) is 1. The number of anilines is 1. The number of esters is 1. The van der Waals surface area contributed by atoms with Gasteiger partial charge in [0.1, 0.15) is 12.6 Å². The SMILES string of the molecule is COC(=O)c1ccccc1NC(=O)CN1C(=O)[C@@H](c2ccccc2)N(Cc2ccccc2)C1=O. The summed E-state index contributed by atoms with van der Waals surface area (Å²) in [5.41, 5.74) is 1.93. The van der Waals surface area contributed by atoms with E-state index in [1.807, 2.05) is 36.4 Å². The van der Waals surface area contributed by atoms with Gasteiger partial charge in [-0.05, 0) is 23.3 Å². The van der Waals surface area contributed by atoms with Crippen LogP contribution in [0.5, 0.6) is 0 Å². The van der Waals surface area contributed by atoms with Gasteiger partial charge in [-0.15, -0.1) is 0 Å². The van der Waals surface area contributed by atoms with Crippen molar-refractivity contribution >= 4 is 29.5 Å². The number of methoxy groups -OCH3 is 1. The number of nitrogens with zero attached hydrogens (tertiary/aromatic N) is 2. The average Bonchev–Trinajstić information content (AvgIpc) is 3.09. The van der Waals surface area contributed by atoms with Gasteiger partial charge in [0.25, 0.3) is 5.91 Å².